The third-order valence-electron chi connectivity index (χ3n) is 2.63. The van der Waals surface area contributed by atoms with Crippen LogP contribution in [0, 0.1) is 0 Å². The highest BCUT2D eigenvalue weighted by Gasteiger charge is 2.26. The van der Waals surface area contributed by atoms with Crippen molar-refractivity contribution in [3.63, 3.8) is 0 Å². The van der Waals surface area contributed by atoms with Gasteiger partial charge in [0.15, 0.2) is 0 Å². The molecule has 0 saturated carbocycles. The van der Waals surface area contributed by atoms with E-state index >= 15 is 0 Å². The summed E-state index contributed by atoms with van der Waals surface area (Å²) in [5.41, 5.74) is 4.99. The fraction of sp³-hybridized carbons (Fsp3) is 0.900. The van der Waals surface area contributed by atoms with Gasteiger partial charge in [0.1, 0.15) is 0 Å². The average molecular weight is 216 g/mol. The second kappa shape index (κ2) is 5.44. The van der Waals surface area contributed by atoms with Crippen molar-refractivity contribution in [3.8, 4) is 0 Å². The number of amides is 1. The first-order chi connectivity index (χ1) is 7.06. The van der Waals surface area contributed by atoms with Crippen molar-refractivity contribution in [2.45, 2.75) is 31.9 Å². The number of rotatable bonds is 4. The summed E-state index contributed by atoms with van der Waals surface area (Å²) in [4.78, 5) is 11.6. The maximum Gasteiger partial charge on any atom is 0.239 e. The Morgan fingerprint density at radius 1 is 1.60 bits per heavy atom. The zero-order valence-electron chi connectivity index (χ0n) is 9.41. The van der Waals surface area contributed by atoms with Gasteiger partial charge < -0.3 is 20.5 Å². The van der Waals surface area contributed by atoms with Crippen LogP contribution < -0.4 is 11.1 Å². The van der Waals surface area contributed by atoms with Gasteiger partial charge in [0.2, 0.25) is 5.91 Å². The van der Waals surface area contributed by atoms with Gasteiger partial charge in [-0.3, -0.25) is 4.79 Å². The summed E-state index contributed by atoms with van der Waals surface area (Å²) >= 11 is 0. The first kappa shape index (κ1) is 12.4. The van der Waals surface area contributed by atoms with Crippen molar-refractivity contribution in [2.75, 3.05) is 26.4 Å². The first-order valence-corrected chi connectivity index (χ1v) is 5.33. The SMILES string of the molecule is CCC(C)(N)C(=O)NCC1COCCO1. The highest BCUT2D eigenvalue weighted by Crippen LogP contribution is 2.05. The molecule has 1 rings (SSSR count). The molecule has 0 spiro atoms. The molecule has 2 atom stereocenters. The van der Waals surface area contributed by atoms with E-state index in [-0.39, 0.29) is 12.0 Å². The highest BCUT2D eigenvalue weighted by molar-refractivity contribution is 5.85. The van der Waals surface area contributed by atoms with Crippen LogP contribution in [0.3, 0.4) is 0 Å². The summed E-state index contributed by atoms with van der Waals surface area (Å²) < 4.78 is 10.6. The minimum atomic E-state index is -0.796. The Labute approximate surface area is 90.3 Å². The summed E-state index contributed by atoms with van der Waals surface area (Å²) in [6.45, 7) is 5.84. The van der Waals surface area contributed by atoms with Crippen LogP contribution in [0.2, 0.25) is 0 Å². The van der Waals surface area contributed by atoms with Gasteiger partial charge in [0.05, 0.1) is 31.5 Å². The molecule has 15 heavy (non-hydrogen) atoms. The van der Waals surface area contributed by atoms with Gasteiger partial charge in [-0.2, -0.15) is 0 Å². The van der Waals surface area contributed by atoms with Crippen molar-refractivity contribution in [1.82, 2.24) is 5.32 Å². The lowest BCUT2D eigenvalue weighted by atomic mass is 9.99. The van der Waals surface area contributed by atoms with Gasteiger partial charge in [-0.15, -0.1) is 0 Å². The summed E-state index contributed by atoms with van der Waals surface area (Å²) in [5.74, 6) is -0.140. The zero-order valence-corrected chi connectivity index (χ0v) is 9.41. The molecule has 3 N–H and O–H groups in total. The smallest absolute Gasteiger partial charge is 0.239 e. The van der Waals surface area contributed by atoms with E-state index in [0.29, 0.717) is 32.8 Å². The molecule has 1 fully saturated rings. The van der Waals surface area contributed by atoms with Gasteiger partial charge in [-0.05, 0) is 13.3 Å². The number of nitrogens with one attached hydrogen (secondary N) is 1. The molecule has 5 heteroatoms. The maximum atomic E-state index is 11.6. The van der Waals surface area contributed by atoms with Crippen LogP contribution >= 0.6 is 0 Å². The fourth-order valence-corrected chi connectivity index (χ4v) is 1.22. The van der Waals surface area contributed by atoms with Gasteiger partial charge in [0, 0.05) is 6.54 Å². The molecule has 1 saturated heterocycles. The van der Waals surface area contributed by atoms with Crippen molar-refractivity contribution < 1.29 is 14.3 Å². The van der Waals surface area contributed by atoms with Crippen LogP contribution in [0.15, 0.2) is 0 Å². The Balaban J connectivity index is 2.26. The molecule has 0 aromatic rings. The lowest BCUT2D eigenvalue weighted by Crippen LogP contribution is -2.53. The topological polar surface area (TPSA) is 73.6 Å². The van der Waals surface area contributed by atoms with E-state index in [9.17, 15) is 4.79 Å². The highest BCUT2D eigenvalue weighted by atomic mass is 16.6. The molecule has 0 aromatic carbocycles. The Kier molecular flexibility index (Phi) is 4.50. The van der Waals surface area contributed by atoms with Crippen LogP contribution in [-0.4, -0.2) is 43.9 Å². The molecule has 0 bridgehead atoms. The number of hydrogen-bond donors (Lipinski definition) is 2. The number of ether oxygens (including phenoxy) is 2. The molecule has 1 aliphatic rings. The lowest BCUT2D eigenvalue weighted by Gasteiger charge is -2.26. The van der Waals surface area contributed by atoms with Crippen LogP contribution in [0.5, 0.6) is 0 Å². The van der Waals surface area contributed by atoms with Gasteiger partial charge in [0.25, 0.3) is 0 Å². The predicted octanol–water partition coefficient (Wildman–Crippen LogP) is -0.355. The third-order valence-corrected chi connectivity index (χ3v) is 2.63. The number of hydrogen-bond acceptors (Lipinski definition) is 4. The minimum absolute atomic E-state index is 0.0460. The summed E-state index contributed by atoms with van der Waals surface area (Å²) in [6, 6.07) is 0. The zero-order chi connectivity index (χ0) is 11.3. The van der Waals surface area contributed by atoms with Crippen LogP contribution in [0.25, 0.3) is 0 Å². The van der Waals surface area contributed by atoms with Crippen molar-refractivity contribution in [2.24, 2.45) is 5.73 Å². The normalized spacial score (nSPS) is 25.7. The third kappa shape index (κ3) is 3.77. The van der Waals surface area contributed by atoms with Crippen LogP contribution in [-0.2, 0) is 14.3 Å². The van der Waals surface area contributed by atoms with Gasteiger partial charge >= 0.3 is 0 Å². The molecule has 2 unspecified atom stereocenters. The van der Waals surface area contributed by atoms with E-state index in [4.69, 9.17) is 15.2 Å². The molecule has 0 radical (unpaired) electrons. The van der Waals surface area contributed by atoms with Crippen molar-refractivity contribution in [1.29, 1.82) is 0 Å². The summed E-state index contributed by atoms with van der Waals surface area (Å²) in [5, 5.41) is 2.77. The molecular formula is C10H20N2O3. The van der Waals surface area contributed by atoms with Gasteiger partial charge in [-0.25, -0.2) is 0 Å². The van der Waals surface area contributed by atoms with Crippen molar-refractivity contribution >= 4 is 5.91 Å². The van der Waals surface area contributed by atoms with Crippen LogP contribution in [0.1, 0.15) is 20.3 Å². The lowest BCUT2D eigenvalue weighted by molar-refractivity contribution is -0.128. The monoisotopic (exact) mass is 216 g/mol. The molecule has 1 aliphatic heterocycles. The van der Waals surface area contributed by atoms with E-state index in [2.05, 4.69) is 5.32 Å². The Morgan fingerprint density at radius 3 is 2.87 bits per heavy atom. The Hall–Kier alpha value is -0.650. The van der Waals surface area contributed by atoms with Crippen molar-refractivity contribution in [3.05, 3.63) is 0 Å². The molecule has 1 heterocycles. The summed E-state index contributed by atoms with van der Waals surface area (Å²) in [6.07, 6.45) is 0.566. The second-order valence-corrected chi connectivity index (χ2v) is 4.05. The number of nitrogens with two attached hydrogens (primary N) is 1. The molecule has 88 valence electrons. The predicted molar refractivity (Wildman–Crippen MR) is 56.5 cm³/mol. The summed E-state index contributed by atoms with van der Waals surface area (Å²) in [7, 11) is 0. The number of carbonyl (C=O) groups excluding carboxylic acids is 1. The molecule has 5 nitrogen and oxygen atoms in total. The molecule has 0 aliphatic carbocycles. The maximum absolute atomic E-state index is 11.6. The van der Waals surface area contributed by atoms with E-state index in [1.807, 2.05) is 6.92 Å². The molecule has 1 amide bonds. The minimum Gasteiger partial charge on any atom is -0.376 e. The van der Waals surface area contributed by atoms with E-state index < -0.39 is 5.54 Å². The first-order valence-electron chi connectivity index (χ1n) is 5.33. The Morgan fingerprint density at radius 2 is 2.33 bits per heavy atom. The molecular weight excluding hydrogens is 196 g/mol. The van der Waals surface area contributed by atoms with E-state index in [1.165, 1.54) is 0 Å². The largest absolute Gasteiger partial charge is 0.376 e. The average Bonchev–Trinajstić information content (AvgIpc) is 2.27. The Bertz CT molecular complexity index is 213. The van der Waals surface area contributed by atoms with E-state index in [0.717, 1.165) is 0 Å². The van der Waals surface area contributed by atoms with Crippen LogP contribution in [0.4, 0.5) is 0 Å². The molecule has 0 aromatic heterocycles. The second-order valence-electron chi connectivity index (χ2n) is 4.05. The standard InChI is InChI=1S/C10H20N2O3/c1-3-10(2,11)9(13)12-6-8-7-14-4-5-15-8/h8H,3-7,11H2,1-2H3,(H,12,13). The fourth-order valence-electron chi connectivity index (χ4n) is 1.22. The quantitative estimate of drug-likeness (QED) is 0.673. The van der Waals surface area contributed by atoms with Gasteiger partial charge in [-0.1, -0.05) is 6.92 Å². The number of carbonyl (C=O) groups is 1. The van der Waals surface area contributed by atoms with E-state index in [1.54, 1.807) is 6.92 Å².